The quantitative estimate of drug-likeness (QED) is 0.597. The molecule has 3 heterocycles. The minimum absolute atomic E-state index is 0.0325. The van der Waals surface area contributed by atoms with Crippen LogP contribution >= 0.6 is 11.8 Å². The monoisotopic (exact) mass is 386 g/mol. The van der Waals surface area contributed by atoms with Crippen LogP contribution in [-0.2, 0) is 4.79 Å². The topological polar surface area (TPSA) is 90.6 Å². The summed E-state index contributed by atoms with van der Waals surface area (Å²) in [7, 11) is 1.53. The Morgan fingerprint density at radius 1 is 1.30 bits per heavy atom. The first-order chi connectivity index (χ1) is 13.2. The second-order valence-electron chi connectivity index (χ2n) is 6.00. The van der Waals surface area contributed by atoms with E-state index >= 15 is 0 Å². The lowest BCUT2D eigenvalue weighted by molar-refractivity contribution is -0.127. The molecule has 1 saturated heterocycles. The molecule has 140 valence electrons. The van der Waals surface area contributed by atoms with Gasteiger partial charge in [0.2, 0.25) is 17.7 Å². The summed E-state index contributed by atoms with van der Waals surface area (Å²) in [5.41, 5.74) is 1.52. The average Bonchev–Trinajstić information content (AvgIpc) is 3.33. The standard InChI is InChI=1S/C18H18N4O4S/c1-24-15-8-19-9-16(21-15)25-12-6-7-22(10-12)17(23)11-27-18-20-13-4-2-3-5-14(13)26-18/h2-5,8-9,12H,6-7,10-11H2,1H3. The van der Waals surface area contributed by atoms with Gasteiger partial charge in [-0.15, -0.1) is 0 Å². The first-order valence-corrected chi connectivity index (χ1v) is 9.48. The van der Waals surface area contributed by atoms with E-state index in [0.717, 1.165) is 17.5 Å². The van der Waals surface area contributed by atoms with E-state index in [2.05, 4.69) is 15.0 Å². The van der Waals surface area contributed by atoms with Crippen LogP contribution in [0.1, 0.15) is 6.42 Å². The molecule has 1 fully saturated rings. The largest absolute Gasteiger partial charge is 0.480 e. The number of fused-ring (bicyclic) bond motifs is 1. The third kappa shape index (κ3) is 4.13. The molecule has 3 aromatic rings. The van der Waals surface area contributed by atoms with Crippen molar-refractivity contribution in [2.45, 2.75) is 17.7 Å². The number of oxazole rings is 1. The number of nitrogens with zero attached hydrogens (tertiary/aromatic N) is 4. The van der Waals surface area contributed by atoms with Crippen LogP contribution in [-0.4, -0.2) is 57.8 Å². The van der Waals surface area contributed by atoms with Gasteiger partial charge in [0, 0.05) is 13.0 Å². The van der Waals surface area contributed by atoms with E-state index in [4.69, 9.17) is 13.9 Å². The van der Waals surface area contributed by atoms with Gasteiger partial charge in [-0.25, -0.2) is 4.98 Å². The lowest BCUT2D eigenvalue weighted by Gasteiger charge is -2.16. The van der Waals surface area contributed by atoms with Crippen molar-refractivity contribution >= 4 is 28.8 Å². The zero-order valence-corrected chi connectivity index (χ0v) is 15.5. The summed E-state index contributed by atoms with van der Waals surface area (Å²) in [5, 5.41) is 0.503. The lowest BCUT2D eigenvalue weighted by atomic mass is 10.3. The fourth-order valence-corrected chi connectivity index (χ4v) is 3.58. The molecule has 4 rings (SSSR count). The van der Waals surface area contributed by atoms with Crippen LogP contribution in [0.25, 0.3) is 11.1 Å². The van der Waals surface area contributed by atoms with Crippen molar-refractivity contribution in [3.8, 4) is 11.8 Å². The van der Waals surface area contributed by atoms with Gasteiger partial charge in [0.1, 0.15) is 11.6 Å². The third-order valence-corrected chi connectivity index (χ3v) is 4.99. The Bertz CT molecular complexity index is 915. The van der Waals surface area contributed by atoms with E-state index < -0.39 is 0 Å². The molecule has 0 N–H and O–H groups in total. The smallest absolute Gasteiger partial charge is 0.257 e. The summed E-state index contributed by atoms with van der Waals surface area (Å²) < 4.78 is 16.5. The number of amides is 1. The second kappa shape index (κ2) is 7.83. The Morgan fingerprint density at radius 2 is 2.15 bits per heavy atom. The lowest BCUT2D eigenvalue weighted by Crippen LogP contribution is -2.32. The summed E-state index contributed by atoms with van der Waals surface area (Å²) in [6, 6.07) is 7.54. The summed E-state index contributed by atoms with van der Waals surface area (Å²) in [6.45, 7) is 1.17. The second-order valence-corrected chi connectivity index (χ2v) is 6.93. The van der Waals surface area contributed by atoms with Gasteiger partial charge in [0.25, 0.3) is 5.22 Å². The van der Waals surface area contributed by atoms with Gasteiger partial charge < -0.3 is 18.8 Å². The first-order valence-electron chi connectivity index (χ1n) is 8.50. The molecule has 8 nitrogen and oxygen atoms in total. The van der Waals surface area contributed by atoms with Crippen molar-refractivity contribution in [3.63, 3.8) is 0 Å². The summed E-state index contributed by atoms with van der Waals surface area (Å²) in [6.07, 6.45) is 3.69. The number of hydrogen-bond donors (Lipinski definition) is 0. The molecule has 1 aliphatic rings. The first kappa shape index (κ1) is 17.6. The number of benzene rings is 1. The highest BCUT2D eigenvalue weighted by molar-refractivity contribution is 7.99. The van der Waals surface area contributed by atoms with E-state index in [9.17, 15) is 4.79 Å². The number of aromatic nitrogens is 3. The molecule has 0 bridgehead atoms. The van der Waals surface area contributed by atoms with E-state index in [-0.39, 0.29) is 17.8 Å². The third-order valence-electron chi connectivity index (χ3n) is 4.18. The highest BCUT2D eigenvalue weighted by Gasteiger charge is 2.28. The van der Waals surface area contributed by atoms with Crippen LogP contribution < -0.4 is 9.47 Å². The molecule has 27 heavy (non-hydrogen) atoms. The maximum absolute atomic E-state index is 12.5. The van der Waals surface area contributed by atoms with Crippen molar-refractivity contribution < 1.29 is 18.7 Å². The van der Waals surface area contributed by atoms with E-state index in [1.54, 1.807) is 4.90 Å². The van der Waals surface area contributed by atoms with Gasteiger partial charge in [-0.05, 0) is 12.1 Å². The summed E-state index contributed by atoms with van der Waals surface area (Å²) >= 11 is 1.30. The predicted octanol–water partition coefficient (Wildman–Crippen LogP) is 2.40. The van der Waals surface area contributed by atoms with Crippen LogP contribution in [0.4, 0.5) is 0 Å². The number of carbonyl (C=O) groups excluding carboxylic acids is 1. The Labute approximate surface area is 159 Å². The minimum atomic E-state index is -0.107. The molecule has 0 spiro atoms. The van der Waals surface area contributed by atoms with Crippen molar-refractivity contribution in [2.24, 2.45) is 0 Å². The average molecular weight is 386 g/mol. The Morgan fingerprint density at radius 3 is 3.00 bits per heavy atom. The number of ether oxygens (including phenoxy) is 2. The zero-order chi connectivity index (χ0) is 18.6. The molecule has 1 atom stereocenters. The minimum Gasteiger partial charge on any atom is -0.480 e. The van der Waals surface area contributed by atoms with Crippen LogP contribution in [0.3, 0.4) is 0 Å². The molecular weight excluding hydrogens is 368 g/mol. The zero-order valence-electron chi connectivity index (χ0n) is 14.7. The fourth-order valence-electron chi connectivity index (χ4n) is 2.84. The van der Waals surface area contributed by atoms with Crippen LogP contribution in [0.2, 0.25) is 0 Å². The molecule has 1 aliphatic heterocycles. The molecule has 2 aromatic heterocycles. The molecule has 9 heteroatoms. The van der Waals surface area contributed by atoms with Crippen molar-refractivity contribution in [3.05, 3.63) is 36.7 Å². The van der Waals surface area contributed by atoms with Crippen LogP contribution in [0, 0.1) is 0 Å². The maximum atomic E-state index is 12.5. The number of thioether (sulfide) groups is 1. The van der Waals surface area contributed by atoms with Crippen LogP contribution in [0.15, 0.2) is 46.3 Å². The van der Waals surface area contributed by atoms with Gasteiger partial charge in [-0.1, -0.05) is 23.9 Å². The highest BCUT2D eigenvalue weighted by atomic mass is 32.2. The number of methoxy groups -OCH3 is 1. The number of carbonyl (C=O) groups is 1. The van der Waals surface area contributed by atoms with Crippen molar-refractivity contribution in [2.75, 3.05) is 26.0 Å². The molecule has 1 unspecified atom stereocenters. The van der Waals surface area contributed by atoms with Gasteiger partial charge in [0.05, 0.1) is 31.8 Å². The maximum Gasteiger partial charge on any atom is 0.257 e. The van der Waals surface area contributed by atoms with Gasteiger partial charge in [-0.3, -0.25) is 9.78 Å². The molecular formula is C18H18N4O4S. The Hall–Kier alpha value is -2.81. The summed E-state index contributed by atoms with van der Waals surface area (Å²) in [4.78, 5) is 26.8. The number of likely N-dealkylation sites (tertiary alicyclic amines) is 1. The van der Waals surface area contributed by atoms with E-state index in [1.165, 1.54) is 31.3 Å². The fraction of sp³-hybridized carbons (Fsp3) is 0.333. The van der Waals surface area contributed by atoms with Crippen molar-refractivity contribution in [1.29, 1.82) is 0 Å². The van der Waals surface area contributed by atoms with Gasteiger partial charge >= 0.3 is 0 Å². The van der Waals surface area contributed by atoms with Crippen LogP contribution in [0.5, 0.6) is 11.8 Å². The molecule has 0 radical (unpaired) electrons. The molecule has 0 saturated carbocycles. The number of hydrogen-bond acceptors (Lipinski definition) is 8. The Kier molecular flexibility index (Phi) is 5.10. The number of rotatable bonds is 6. The normalized spacial score (nSPS) is 16.6. The Balaban J connectivity index is 1.29. The van der Waals surface area contributed by atoms with Gasteiger partial charge in [0.15, 0.2) is 5.58 Å². The molecule has 1 amide bonds. The highest BCUT2D eigenvalue weighted by Crippen LogP contribution is 2.24. The predicted molar refractivity (Wildman–Crippen MR) is 98.9 cm³/mol. The molecule has 0 aliphatic carbocycles. The van der Waals surface area contributed by atoms with Gasteiger partial charge in [-0.2, -0.15) is 4.98 Å². The molecule has 1 aromatic carbocycles. The SMILES string of the molecule is COc1cncc(OC2CCN(C(=O)CSc3nc4ccccc4o3)C2)n1. The number of para-hydroxylation sites is 2. The summed E-state index contributed by atoms with van der Waals surface area (Å²) in [5.74, 6) is 1.10. The van der Waals surface area contributed by atoms with E-state index in [0.29, 0.717) is 30.1 Å². The van der Waals surface area contributed by atoms with E-state index in [1.807, 2.05) is 24.3 Å². The van der Waals surface area contributed by atoms with Crippen molar-refractivity contribution in [1.82, 2.24) is 19.9 Å².